The van der Waals surface area contributed by atoms with Crippen molar-refractivity contribution in [1.82, 2.24) is 40.1 Å². The van der Waals surface area contributed by atoms with Crippen LogP contribution in [-0.2, 0) is 4.79 Å². The highest BCUT2D eigenvalue weighted by Crippen LogP contribution is 2.34. The van der Waals surface area contributed by atoms with Crippen LogP contribution in [0.4, 0.5) is 10.1 Å². The second-order valence-electron chi connectivity index (χ2n) is 10.4. The molecule has 10 nitrogen and oxygen atoms in total. The number of hydrogen-bond donors (Lipinski definition) is 3. The number of nitrogens with zero attached hydrogens (tertiary/aromatic N) is 6. The minimum atomic E-state index is -0.581. The Morgan fingerprint density at radius 2 is 1.79 bits per heavy atom. The topological polar surface area (TPSA) is 138 Å². The molecule has 11 heteroatoms. The fraction of sp³-hybridized carbons (Fsp3) is 0.179. The molecule has 0 aromatic carbocycles. The van der Waals surface area contributed by atoms with Crippen molar-refractivity contribution in [3.63, 3.8) is 0 Å². The molecule has 0 aliphatic carbocycles. The van der Waals surface area contributed by atoms with E-state index in [4.69, 9.17) is 4.98 Å². The molecule has 6 heterocycles. The number of anilines is 1. The zero-order chi connectivity index (χ0) is 27.1. The smallest absolute Gasteiger partial charge is 0.224 e. The highest BCUT2D eigenvalue weighted by Gasteiger charge is 2.22. The Morgan fingerprint density at radius 3 is 2.59 bits per heavy atom. The third-order valence-corrected chi connectivity index (χ3v) is 6.12. The van der Waals surface area contributed by atoms with Crippen LogP contribution >= 0.6 is 0 Å². The van der Waals surface area contributed by atoms with Crippen LogP contribution in [0.25, 0.3) is 55.8 Å². The Labute approximate surface area is 222 Å². The van der Waals surface area contributed by atoms with E-state index in [0.29, 0.717) is 45.7 Å². The monoisotopic (exact) mass is 521 g/mol. The average molecular weight is 522 g/mol. The number of halogens is 1. The first kappa shape index (κ1) is 24.3. The van der Waals surface area contributed by atoms with Gasteiger partial charge in [-0.15, -0.1) is 0 Å². The summed E-state index contributed by atoms with van der Waals surface area (Å²) >= 11 is 0. The second kappa shape index (κ2) is 9.35. The minimum Gasteiger partial charge on any atom is -0.335 e. The van der Waals surface area contributed by atoms with E-state index in [1.54, 1.807) is 30.9 Å². The fourth-order valence-electron chi connectivity index (χ4n) is 4.45. The number of pyridine rings is 4. The first-order valence-corrected chi connectivity index (χ1v) is 12.3. The molecule has 6 aromatic heterocycles. The maximum atomic E-state index is 16.1. The molecule has 0 atom stereocenters. The largest absolute Gasteiger partial charge is 0.335 e. The van der Waals surface area contributed by atoms with Gasteiger partial charge >= 0.3 is 0 Å². The van der Waals surface area contributed by atoms with Crippen molar-refractivity contribution in [2.24, 2.45) is 5.41 Å². The van der Waals surface area contributed by atoms with Crippen molar-refractivity contribution in [3.05, 3.63) is 67.4 Å². The Balaban J connectivity index is 1.40. The van der Waals surface area contributed by atoms with Crippen molar-refractivity contribution in [1.29, 1.82) is 0 Å². The van der Waals surface area contributed by atoms with E-state index in [9.17, 15) is 4.79 Å². The molecule has 0 aliphatic rings. The van der Waals surface area contributed by atoms with Gasteiger partial charge in [-0.25, -0.2) is 9.37 Å². The van der Waals surface area contributed by atoms with Crippen LogP contribution < -0.4 is 5.32 Å². The quantitative estimate of drug-likeness (QED) is 0.271. The SMILES string of the molecule is CC(C)(C)CC(=O)Nc1cncc(-c2ncc3[nH]nc(-c4nc5c(-c6cccnc6)cncc5[nH]4)c3c2F)c1. The van der Waals surface area contributed by atoms with E-state index in [0.717, 1.165) is 11.1 Å². The molecule has 0 unspecified atom stereocenters. The summed E-state index contributed by atoms with van der Waals surface area (Å²) in [6, 6.07) is 5.41. The van der Waals surface area contributed by atoms with Gasteiger partial charge in [0.2, 0.25) is 5.91 Å². The van der Waals surface area contributed by atoms with E-state index < -0.39 is 5.82 Å². The van der Waals surface area contributed by atoms with Crippen LogP contribution in [-0.4, -0.2) is 46.0 Å². The number of H-pyrrole nitrogens is 2. The zero-order valence-electron chi connectivity index (χ0n) is 21.5. The summed E-state index contributed by atoms with van der Waals surface area (Å²) in [4.78, 5) is 37.4. The summed E-state index contributed by atoms with van der Waals surface area (Å²) in [6.45, 7) is 5.95. The zero-order valence-corrected chi connectivity index (χ0v) is 21.5. The number of carbonyl (C=O) groups is 1. The highest BCUT2D eigenvalue weighted by molar-refractivity contribution is 5.98. The third kappa shape index (κ3) is 4.70. The van der Waals surface area contributed by atoms with Gasteiger partial charge in [0, 0.05) is 47.9 Å². The molecular formula is C28H24FN9O. The molecule has 6 aromatic rings. The van der Waals surface area contributed by atoms with Gasteiger partial charge in [-0.2, -0.15) is 5.10 Å². The van der Waals surface area contributed by atoms with Gasteiger partial charge in [-0.1, -0.05) is 26.8 Å². The predicted octanol–water partition coefficient (Wildman–Crippen LogP) is 5.53. The summed E-state index contributed by atoms with van der Waals surface area (Å²) in [5.41, 5.74) is 4.52. The molecule has 0 saturated heterocycles. The molecule has 3 N–H and O–H groups in total. The van der Waals surface area contributed by atoms with Gasteiger partial charge in [0.15, 0.2) is 11.6 Å². The molecule has 1 amide bonds. The Kier molecular flexibility index (Phi) is 5.82. The Morgan fingerprint density at radius 1 is 0.974 bits per heavy atom. The molecule has 0 bridgehead atoms. The molecule has 6 rings (SSSR count). The lowest BCUT2D eigenvalue weighted by atomic mass is 9.92. The molecule has 0 spiro atoms. The average Bonchev–Trinajstić information content (AvgIpc) is 3.53. The van der Waals surface area contributed by atoms with Gasteiger partial charge < -0.3 is 10.3 Å². The third-order valence-electron chi connectivity index (χ3n) is 6.12. The lowest BCUT2D eigenvalue weighted by Gasteiger charge is -2.17. The highest BCUT2D eigenvalue weighted by atomic mass is 19.1. The lowest BCUT2D eigenvalue weighted by Crippen LogP contribution is -2.19. The number of fused-ring (bicyclic) bond motifs is 2. The summed E-state index contributed by atoms with van der Waals surface area (Å²) in [6.07, 6.45) is 11.7. The number of carbonyl (C=O) groups excluding carboxylic acids is 1. The van der Waals surface area contributed by atoms with E-state index >= 15 is 4.39 Å². The van der Waals surface area contributed by atoms with Crippen LogP contribution in [0.5, 0.6) is 0 Å². The number of imidazole rings is 1. The second-order valence-corrected chi connectivity index (χ2v) is 10.4. The van der Waals surface area contributed by atoms with Gasteiger partial charge in [-0.05, 0) is 17.5 Å². The predicted molar refractivity (Wildman–Crippen MR) is 146 cm³/mol. The number of amides is 1. The maximum absolute atomic E-state index is 16.1. The van der Waals surface area contributed by atoms with Crippen molar-refractivity contribution in [2.75, 3.05) is 5.32 Å². The molecule has 39 heavy (non-hydrogen) atoms. The first-order chi connectivity index (χ1) is 18.8. The van der Waals surface area contributed by atoms with Gasteiger partial charge in [0.1, 0.15) is 16.9 Å². The van der Waals surface area contributed by atoms with Crippen LogP contribution in [0, 0.1) is 11.2 Å². The molecule has 0 saturated carbocycles. The van der Waals surface area contributed by atoms with Crippen molar-refractivity contribution < 1.29 is 9.18 Å². The molecular weight excluding hydrogens is 497 g/mol. The fourth-order valence-corrected chi connectivity index (χ4v) is 4.45. The van der Waals surface area contributed by atoms with Gasteiger partial charge in [-0.3, -0.25) is 29.8 Å². The van der Waals surface area contributed by atoms with Crippen molar-refractivity contribution in [2.45, 2.75) is 27.2 Å². The summed E-state index contributed by atoms with van der Waals surface area (Å²) < 4.78 is 16.1. The van der Waals surface area contributed by atoms with Crippen LogP contribution in [0.3, 0.4) is 0 Å². The minimum absolute atomic E-state index is 0.0818. The standard InChI is InChI=1S/C28H24FN9O/c1-28(2,3)8-21(39)34-17-7-16(10-31-11-17)24-23(29)22-19(14-33-24)37-38-26(22)27-35-20-13-32-12-18(25(20)36-27)15-5-4-6-30-9-15/h4-7,9-14H,8H2,1-3H3,(H,34,39)(H,35,36)(H,37,38). The van der Waals surface area contributed by atoms with Crippen LogP contribution in [0.2, 0.25) is 0 Å². The molecule has 194 valence electrons. The Bertz CT molecular complexity index is 1840. The number of aromatic amines is 2. The summed E-state index contributed by atoms with van der Waals surface area (Å²) in [5.74, 6) is -0.346. The van der Waals surface area contributed by atoms with Gasteiger partial charge in [0.25, 0.3) is 0 Å². The molecule has 0 aliphatic heterocycles. The van der Waals surface area contributed by atoms with E-state index in [1.165, 1.54) is 18.6 Å². The number of hydrogen-bond acceptors (Lipinski definition) is 7. The number of aromatic nitrogens is 8. The summed E-state index contributed by atoms with van der Waals surface area (Å²) in [7, 11) is 0. The van der Waals surface area contributed by atoms with Crippen molar-refractivity contribution >= 4 is 33.5 Å². The Hall–Kier alpha value is -5.06. The van der Waals surface area contributed by atoms with Crippen LogP contribution in [0.15, 0.2) is 61.6 Å². The van der Waals surface area contributed by atoms with Gasteiger partial charge in [0.05, 0.1) is 40.7 Å². The normalized spacial score (nSPS) is 11.8. The first-order valence-electron chi connectivity index (χ1n) is 12.3. The summed E-state index contributed by atoms with van der Waals surface area (Å²) in [5, 5.41) is 10.3. The maximum Gasteiger partial charge on any atom is 0.224 e. The molecule has 0 radical (unpaired) electrons. The number of rotatable bonds is 5. The molecule has 0 fully saturated rings. The lowest BCUT2D eigenvalue weighted by molar-refractivity contribution is -0.117. The van der Waals surface area contributed by atoms with E-state index in [-0.39, 0.29) is 22.4 Å². The van der Waals surface area contributed by atoms with Crippen molar-refractivity contribution in [3.8, 4) is 33.9 Å². The number of nitrogens with one attached hydrogen (secondary N) is 3. The van der Waals surface area contributed by atoms with E-state index in [2.05, 4.69) is 40.4 Å². The van der Waals surface area contributed by atoms with E-state index in [1.807, 2.05) is 32.9 Å². The van der Waals surface area contributed by atoms with Crippen LogP contribution in [0.1, 0.15) is 27.2 Å².